The summed E-state index contributed by atoms with van der Waals surface area (Å²) in [6.45, 7) is 4.21. The van der Waals surface area contributed by atoms with Gasteiger partial charge < -0.3 is 15.2 Å². The third-order valence-electron chi connectivity index (χ3n) is 3.05. The molecule has 1 aliphatic rings. The van der Waals surface area contributed by atoms with Crippen LogP contribution in [0.15, 0.2) is 12.5 Å². The molecule has 1 saturated heterocycles. The Labute approximate surface area is 102 Å². The lowest BCUT2D eigenvalue weighted by atomic mass is 10.2. The molecule has 1 atom stereocenters. The fourth-order valence-electron chi connectivity index (χ4n) is 2.17. The first kappa shape index (κ1) is 12.1. The standard InChI is InChI=1S/C12H20N4O/c1-2-5-15-12(17)8-16-9-13-7-11(16)10-4-3-6-14-10/h7,9-10,14H,2-6,8H2,1H3,(H,15,17)/t10-/m0/s1. The largest absolute Gasteiger partial charge is 0.355 e. The van der Waals surface area contributed by atoms with Crippen molar-refractivity contribution >= 4 is 5.91 Å². The average molecular weight is 236 g/mol. The maximum absolute atomic E-state index is 11.7. The molecule has 0 spiro atoms. The van der Waals surface area contributed by atoms with Crippen LogP contribution >= 0.6 is 0 Å². The van der Waals surface area contributed by atoms with Crippen molar-refractivity contribution in [1.82, 2.24) is 20.2 Å². The van der Waals surface area contributed by atoms with E-state index in [0.717, 1.165) is 31.6 Å². The molecule has 2 N–H and O–H groups in total. The topological polar surface area (TPSA) is 59.0 Å². The number of carbonyl (C=O) groups is 1. The number of carbonyl (C=O) groups excluding carboxylic acids is 1. The predicted molar refractivity (Wildman–Crippen MR) is 65.5 cm³/mol. The summed E-state index contributed by atoms with van der Waals surface area (Å²) in [5.74, 6) is 0.0593. The lowest BCUT2D eigenvalue weighted by molar-refractivity contribution is -0.121. The van der Waals surface area contributed by atoms with E-state index in [1.807, 2.05) is 17.7 Å². The van der Waals surface area contributed by atoms with Gasteiger partial charge in [-0.1, -0.05) is 6.92 Å². The van der Waals surface area contributed by atoms with Gasteiger partial charge in [0.2, 0.25) is 5.91 Å². The number of nitrogens with zero attached hydrogens (tertiary/aromatic N) is 2. The molecule has 5 heteroatoms. The molecule has 2 heterocycles. The van der Waals surface area contributed by atoms with Crippen LogP contribution in [0.25, 0.3) is 0 Å². The van der Waals surface area contributed by atoms with Gasteiger partial charge >= 0.3 is 0 Å². The summed E-state index contributed by atoms with van der Waals surface area (Å²) in [4.78, 5) is 15.8. The molecule has 17 heavy (non-hydrogen) atoms. The highest BCUT2D eigenvalue weighted by molar-refractivity contribution is 5.75. The smallest absolute Gasteiger partial charge is 0.239 e. The molecule has 5 nitrogen and oxygen atoms in total. The van der Waals surface area contributed by atoms with Crippen molar-refractivity contribution in [2.24, 2.45) is 0 Å². The third-order valence-corrected chi connectivity index (χ3v) is 3.05. The lowest BCUT2D eigenvalue weighted by Crippen LogP contribution is -2.29. The van der Waals surface area contributed by atoms with Gasteiger partial charge in [0.25, 0.3) is 0 Å². The molecule has 0 aliphatic carbocycles. The highest BCUT2D eigenvalue weighted by Crippen LogP contribution is 2.22. The van der Waals surface area contributed by atoms with E-state index in [9.17, 15) is 4.79 Å². The number of aromatic nitrogens is 2. The van der Waals surface area contributed by atoms with Gasteiger partial charge in [-0.2, -0.15) is 0 Å². The van der Waals surface area contributed by atoms with E-state index in [-0.39, 0.29) is 5.91 Å². The minimum absolute atomic E-state index is 0.0593. The summed E-state index contributed by atoms with van der Waals surface area (Å²) in [5, 5.41) is 6.30. The first-order valence-corrected chi connectivity index (χ1v) is 6.31. The molecule has 1 aromatic rings. The van der Waals surface area contributed by atoms with Crippen LogP contribution in [0, 0.1) is 0 Å². The maximum atomic E-state index is 11.7. The summed E-state index contributed by atoms with van der Waals surface area (Å²) >= 11 is 0. The molecule has 1 amide bonds. The zero-order chi connectivity index (χ0) is 12.1. The number of amides is 1. The van der Waals surface area contributed by atoms with Gasteiger partial charge in [0.05, 0.1) is 12.0 Å². The number of hydrogen-bond acceptors (Lipinski definition) is 3. The van der Waals surface area contributed by atoms with Gasteiger partial charge in [0, 0.05) is 18.8 Å². The minimum atomic E-state index is 0.0593. The number of nitrogens with one attached hydrogen (secondary N) is 2. The molecule has 2 rings (SSSR count). The van der Waals surface area contributed by atoms with Crippen LogP contribution in [0.4, 0.5) is 0 Å². The van der Waals surface area contributed by atoms with Crippen molar-refractivity contribution in [1.29, 1.82) is 0 Å². The van der Waals surface area contributed by atoms with Crippen molar-refractivity contribution < 1.29 is 4.79 Å². The van der Waals surface area contributed by atoms with Crippen molar-refractivity contribution in [3.63, 3.8) is 0 Å². The van der Waals surface area contributed by atoms with Crippen LogP contribution in [0.3, 0.4) is 0 Å². The van der Waals surface area contributed by atoms with Crippen LogP contribution < -0.4 is 10.6 Å². The van der Waals surface area contributed by atoms with Gasteiger partial charge in [-0.3, -0.25) is 4.79 Å². The van der Waals surface area contributed by atoms with E-state index in [1.54, 1.807) is 6.33 Å². The van der Waals surface area contributed by atoms with E-state index in [4.69, 9.17) is 0 Å². The summed E-state index contributed by atoms with van der Waals surface area (Å²) in [6.07, 6.45) is 6.88. The Morgan fingerprint density at radius 1 is 1.71 bits per heavy atom. The molecule has 0 unspecified atom stereocenters. The number of imidazole rings is 1. The van der Waals surface area contributed by atoms with Gasteiger partial charge in [-0.05, 0) is 25.8 Å². The Kier molecular flexibility index (Phi) is 4.14. The molecule has 0 saturated carbocycles. The summed E-state index contributed by atoms with van der Waals surface area (Å²) < 4.78 is 1.94. The Hall–Kier alpha value is -1.36. The van der Waals surface area contributed by atoms with Gasteiger partial charge in [-0.25, -0.2) is 4.98 Å². The fraction of sp³-hybridized carbons (Fsp3) is 0.667. The van der Waals surface area contributed by atoms with Crippen LogP contribution in [-0.2, 0) is 11.3 Å². The quantitative estimate of drug-likeness (QED) is 0.796. The average Bonchev–Trinajstić information content (AvgIpc) is 2.95. The third kappa shape index (κ3) is 3.06. The molecule has 94 valence electrons. The molecule has 0 radical (unpaired) electrons. The Balaban J connectivity index is 1.96. The van der Waals surface area contributed by atoms with Crippen molar-refractivity contribution in [2.75, 3.05) is 13.1 Å². The fourth-order valence-corrected chi connectivity index (χ4v) is 2.17. The maximum Gasteiger partial charge on any atom is 0.239 e. The van der Waals surface area contributed by atoms with Gasteiger partial charge in [0.1, 0.15) is 6.54 Å². The van der Waals surface area contributed by atoms with E-state index in [0.29, 0.717) is 12.6 Å². The molecule has 1 fully saturated rings. The summed E-state index contributed by atoms with van der Waals surface area (Å²) in [5.41, 5.74) is 1.12. The minimum Gasteiger partial charge on any atom is -0.355 e. The van der Waals surface area contributed by atoms with E-state index < -0.39 is 0 Å². The summed E-state index contributed by atoms with van der Waals surface area (Å²) in [7, 11) is 0. The zero-order valence-corrected chi connectivity index (χ0v) is 10.3. The summed E-state index contributed by atoms with van der Waals surface area (Å²) in [6, 6.07) is 0.358. The highest BCUT2D eigenvalue weighted by atomic mass is 16.1. The molecular weight excluding hydrogens is 216 g/mol. The van der Waals surface area contributed by atoms with Crippen LogP contribution in [0.5, 0.6) is 0 Å². The van der Waals surface area contributed by atoms with Crippen LogP contribution in [0.2, 0.25) is 0 Å². The van der Waals surface area contributed by atoms with Crippen molar-refractivity contribution in [3.05, 3.63) is 18.2 Å². The van der Waals surface area contributed by atoms with Crippen LogP contribution in [0.1, 0.15) is 37.9 Å². The molecular formula is C12H20N4O. The monoisotopic (exact) mass is 236 g/mol. The zero-order valence-electron chi connectivity index (χ0n) is 10.3. The molecule has 1 aliphatic heterocycles. The normalized spacial score (nSPS) is 19.5. The Morgan fingerprint density at radius 3 is 3.29 bits per heavy atom. The highest BCUT2D eigenvalue weighted by Gasteiger charge is 2.20. The number of rotatable bonds is 5. The Bertz CT molecular complexity index is 368. The van der Waals surface area contributed by atoms with Crippen molar-refractivity contribution in [3.8, 4) is 0 Å². The first-order chi connectivity index (χ1) is 8.31. The second-order valence-corrected chi connectivity index (χ2v) is 4.45. The Morgan fingerprint density at radius 2 is 2.59 bits per heavy atom. The second kappa shape index (κ2) is 5.82. The van der Waals surface area contributed by atoms with E-state index in [1.165, 1.54) is 6.42 Å². The first-order valence-electron chi connectivity index (χ1n) is 6.31. The van der Waals surface area contributed by atoms with Crippen LogP contribution in [-0.4, -0.2) is 28.5 Å². The SMILES string of the molecule is CCCNC(=O)Cn1cncc1[C@@H]1CCCN1. The predicted octanol–water partition coefficient (Wildman–Crippen LogP) is 0.834. The second-order valence-electron chi connectivity index (χ2n) is 4.45. The number of hydrogen-bond donors (Lipinski definition) is 2. The van der Waals surface area contributed by atoms with Crippen molar-refractivity contribution in [2.45, 2.75) is 38.8 Å². The molecule has 1 aromatic heterocycles. The van der Waals surface area contributed by atoms with E-state index >= 15 is 0 Å². The van der Waals surface area contributed by atoms with Gasteiger partial charge in [-0.15, -0.1) is 0 Å². The molecule has 0 bridgehead atoms. The van der Waals surface area contributed by atoms with E-state index in [2.05, 4.69) is 15.6 Å². The van der Waals surface area contributed by atoms with Gasteiger partial charge in [0.15, 0.2) is 0 Å². The lowest BCUT2D eigenvalue weighted by Gasteiger charge is -2.13. The molecule has 0 aromatic carbocycles.